The fraction of sp³-hybridized carbons (Fsp3) is 0.235. The van der Waals surface area contributed by atoms with E-state index >= 15 is 0 Å². The molecule has 2 heterocycles. The largest absolute Gasteiger partial charge is 0.323 e. The van der Waals surface area contributed by atoms with Crippen LogP contribution in [0.5, 0.6) is 0 Å². The van der Waals surface area contributed by atoms with Gasteiger partial charge in [-0.25, -0.2) is 13.8 Å². The van der Waals surface area contributed by atoms with Crippen LogP contribution in [-0.2, 0) is 10.5 Å². The number of nitrogens with zero attached hydrogens (tertiary/aromatic N) is 1. The van der Waals surface area contributed by atoms with E-state index in [1.54, 1.807) is 0 Å². The van der Waals surface area contributed by atoms with Crippen LogP contribution in [0.4, 0.5) is 14.5 Å². The number of aromatic amines is 1. The van der Waals surface area contributed by atoms with Crippen LogP contribution in [-0.4, -0.2) is 21.6 Å². The minimum absolute atomic E-state index is 0.0427. The van der Waals surface area contributed by atoms with Gasteiger partial charge in [0.2, 0.25) is 5.91 Å². The SMILES string of the molecule is Cc1sc2nc(CSCC(=O)Nc3ccc(F)cc3F)[nH]c(=O)c2c1C. The summed E-state index contributed by atoms with van der Waals surface area (Å²) in [4.78, 5) is 33.0. The smallest absolute Gasteiger partial charge is 0.259 e. The number of halogens is 2. The predicted molar refractivity (Wildman–Crippen MR) is 101 cm³/mol. The van der Waals surface area contributed by atoms with Gasteiger partial charge in [0.15, 0.2) is 0 Å². The van der Waals surface area contributed by atoms with Crippen molar-refractivity contribution in [3.63, 3.8) is 0 Å². The quantitative estimate of drug-likeness (QED) is 0.690. The zero-order valence-corrected chi connectivity index (χ0v) is 15.6. The summed E-state index contributed by atoms with van der Waals surface area (Å²) in [6.07, 6.45) is 0. The van der Waals surface area contributed by atoms with Gasteiger partial charge in [-0.05, 0) is 31.5 Å². The molecule has 1 amide bonds. The molecule has 0 atom stereocenters. The van der Waals surface area contributed by atoms with Crippen molar-refractivity contribution in [1.29, 1.82) is 0 Å². The summed E-state index contributed by atoms with van der Waals surface area (Å²) in [6, 6.07) is 2.94. The number of hydrogen-bond donors (Lipinski definition) is 2. The van der Waals surface area contributed by atoms with Gasteiger partial charge in [-0.1, -0.05) is 0 Å². The molecule has 136 valence electrons. The molecule has 9 heteroatoms. The molecule has 0 fully saturated rings. The Morgan fingerprint density at radius 1 is 1.35 bits per heavy atom. The normalized spacial score (nSPS) is 11.1. The lowest BCUT2D eigenvalue weighted by atomic mass is 10.2. The number of aromatic nitrogens is 2. The fourth-order valence-electron chi connectivity index (χ4n) is 2.39. The van der Waals surface area contributed by atoms with E-state index in [2.05, 4.69) is 15.3 Å². The van der Waals surface area contributed by atoms with Crippen molar-refractivity contribution < 1.29 is 13.6 Å². The highest BCUT2D eigenvalue weighted by Crippen LogP contribution is 2.26. The average Bonchev–Trinajstić information content (AvgIpc) is 2.85. The number of fused-ring (bicyclic) bond motifs is 1. The second-order valence-corrected chi connectivity index (χ2v) is 7.83. The number of rotatable bonds is 5. The predicted octanol–water partition coefficient (Wildman–Crippen LogP) is 3.75. The Balaban J connectivity index is 1.62. The first-order valence-electron chi connectivity index (χ1n) is 7.66. The van der Waals surface area contributed by atoms with Crippen molar-refractivity contribution >= 4 is 44.9 Å². The molecule has 5 nitrogen and oxygen atoms in total. The molecule has 0 saturated carbocycles. The lowest BCUT2D eigenvalue weighted by molar-refractivity contribution is -0.113. The molecule has 3 rings (SSSR count). The summed E-state index contributed by atoms with van der Waals surface area (Å²) in [7, 11) is 0. The summed E-state index contributed by atoms with van der Waals surface area (Å²) in [5, 5.41) is 2.99. The first kappa shape index (κ1) is 18.5. The molecule has 0 unspecified atom stereocenters. The number of benzene rings is 1. The highest BCUT2D eigenvalue weighted by molar-refractivity contribution is 7.99. The molecule has 0 aliphatic rings. The van der Waals surface area contributed by atoms with Crippen LogP contribution < -0.4 is 10.9 Å². The molecule has 2 N–H and O–H groups in total. The topological polar surface area (TPSA) is 74.8 Å². The van der Waals surface area contributed by atoms with E-state index in [1.807, 2.05) is 13.8 Å². The minimum atomic E-state index is -0.830. The number of amides is 1. The van der Waals surface area contributed by atoms with Crippen molar-refractivity contribution in [2.24, 2.45) is 0 Å². The monoisotopic (exact) mass is 395 g/mol. The number of carbonyl (C=O) groups is 1. The zero-order valence-electron chi connectivity index (χ0n) is 14.0. The van der Waals surface area contributed by atoms with Gasteiger partial charge in [0.05, 0.1) is 22.6 Å². The van der Waals surface area contributed by atoms with Crippen LogP contribution in [0.25, 0.3) is 10.2 Å². The van der Waals surface area contributed by atoms with Crippen LogP contribution in [0.3, 0.4) is 0 Å². The molecular weight excluding hydrogens is 380 g/mol. The van der Waals surface area contributed by atoms with Crippen molar-refractivity contribution in [3.8, 4) is 0 Å². The molecular formula is C17H15F2N3O2S2. The fourth-order valence-corrected chi connectivity index (χ4v) is 4.12. The number of anilines is 1. The molecule has 0 radical (unpaired) electrons. The highest BCUT2D eigenvalue weighted by Gasteiger charge is 2.13. The molecule has 0 saturated heterocycles. The second kappa shape index (κ2) is 7.55. The number of aryl methyl sites for hydroxylation is 2. The van der Waals surface area contributed by atoms with Gasteiger partial charge in [-0.15, -0.1) is 23.1 Å². The summed E-state index contributed by atoms with van der Waals surface area (Å²) in [6.45, 7) is 3.83. The van der Waals surface area contributed by atoms with Crippen molar-refractivity contribution in [1.82, 2.24) is 9.97 Å². The second-order valence-electron chi connectivity index (χ2n) is 5.64. The molecule has 0 bridgehead atoms. The molecule has 0 aliphatic carbocycles. The molecule has 26 heavy (non-hydrogen) atoms. The molecule has 3 aromatic rings. The maximum Gasteiger partial charge on any atom is 0.259 e. The summed E-state index contributed by atoms with van der Waals surface area (Å²) >= 11 is 2.69. The van der Waals surface area contributed by atoms with Gasteiger partial charge < -0.3 is 10.3 Å². The Labute approximate surface area is 155 Å². The summed E-state index contributed by atoms with van der Waals surface area (Å²) in [5.41, 5.74) is 0.665. The van der Waals surface area contributed by atoms with Crippen molar-refractivity contribution in [2.75, 3.05) is 11.1 Å². The third kappa shape index (κ3) is 3.94. The van der Waals surface area contributed by atoms with E-state index in [9.17, 15) is 18.4 Å². The maximum atomic E-state index is 13.5. The molecule has 0 spiro atoms. The third-order valence-electron chi connectivity index (χ3n) is 3.77. The van der Waals surface area contributed by atoms with Crippen LogP contribution in [0.15, 0.2) is 23.0 Å². The highest BCUT2D eigenvalue weighted by atomic mass is 32.2. The van der Waals surface area contributed by atoms with Gasteiger partial charge in [0, 0.05) is 10.9 Å². The first-order chi connectivity index (χ1) is 12.3. The Morgan fingerprint density at radius 3 is 2.85 bits per heavy atom. The van der Waals surface area contributed by atoms with Crippen molar-refractivity contribution in [3.05, 3.63) is 56.5 Å². The number of H-pyrrole nitrogens is 1. The number of hydrogen-bond acceptors (Lipinski definition) is 5. The minimum Gasteiger partial charge on any atom is -0.323 e. The standard InChI is InChI=1S/C17H15F2N3O2S2/c1-8-9(2)26-17-15(8)16(24)21-13(22-17)6-25-7-14(23)20-12-4-3-10(18)5-11(12)19/h3-5H,6-7H2,1-2H3,(H,20,23)(H,21,22,24). The van der Waals surface area contributed by atoms with Gasteiger partial charge >= 0.3 is 0 Å². The zero-order chi connectivity index (χ0) is 18.8. The van der Waals surface area contributed by atoms with E-state index in [0.29, 0.717) is 27.9 Å². The van der Waals surface area contributed by atoms with Gasteiger partial charge in [0.1, 0.15) is 22.3 Å². The van der Waals surface area contributed by atoms with Crippen molar-refractivity contribution in [2.45, 2.75) is 19.6 Å². The van der Waals surface area contributed by atoms with Crippen LogP contribution in [0.1, 0.15) is 16.3 Å². The summed E-state index contributed by atoms with van der Waals surface area (Å²) in [5.74, 6) is -1.11. The average molecular weight is 395 g/mol. The van der Waals surface area contributed by atoms with Gasteiger partial charge in [0.25, 0.3) is 5.56 Å². The number of carbonyl (C=O) groups excluding carboxylic acids is 1. The Kier molecular flexibility index (Phi) is 5.38. The van der Waals surface area contributed by atoms with Crippen LogP contribution in [0, 0.1) is 25.5 Å². The number of thioether (sulfide) groups is 1. The van der Waals surface area contributed by atoms with E-state index < -0.39 is 17.5 Å². The summed E-state index contributed by atoms with van der Waals surface area (Å²) < 4.78 is 26.4. The van der Waals surface area contributed by atoms with Crippen LogP contribution in [0.2, 0.25) is 0 Å². The Hall–Kier alpha value is -2.26. The maximum absolute atomic E-state index is 13.5. The van der Waals surface area contributed by atoms with Gasteiger partial charge in [-0.2, -0.15) is 0 Å². The first-order valence-corrected chi connectivity index (χ1v) is 9.64. The van der Waals surface area contributed by atoms with Gasteiger partial charge in [-0.3, -0.25) is 9.59 Å². The van der Waals surface area contributed by atoms with E-state index in [1.165, 1.54) is 29.2 Å². The third-order valence-corrected chi connectivity index (χ3v) is 5.81. The lowest BCUT2D eigenvalue weighted by Gasteiger charge is -2.06. The van der Waals surface area contributed by atoms with Crippen LogP contribution >= 0.6 is 23.1 Å². The number of thiophene rings is 1. The molecule has 1 aromatic carbocycles. The van der Waals surface area contributed by atoms with E-state index in [0.717, 1.165) is 16.5 Å². The van der Waals surface area contributed by atoms with E-state index in [4.69, 9.17) is 0 Å². The Bertz CT molecular complexity index is 1050. The molecule has 2 aromatic heterocycles. The lowest BCUT2D eigenvalue weighted by Crippen LogP contribution is -2.16. The molecule has 0 aliphatic heterocycles. The Morgan fingerprint density at radius 2 is 2.12 bits per heavy atom. The number of nitrogens with one attached hydrogen (secondary N) is 2. The van der Waals surface area contributed by atoms with E-state index in [-0.39, 0.29) is 17.0 Å².